The van der Waals surface area contributed by atoms with Crippen molar-refractivity contribution >= 4 is 33.7 Å². The van der Waals surface area contributed by atoms with E-state index in [-0.39, 0.29) is 29.2 Å². The number of fused-ring (bicyclic) bond motifs is 1. The van der Waals surface area contributed by atoms with Gasteiger partial charge in [-0.3, -0.25) is 14.4 Å². The third kappa shape index (κ3) is 6.14. The van der Waals surface area contributed by atoms with Crippen LogP contribution in [0.3, 0.4) is 0 Å². The molecule has 5 rings (SSSR count). The maximum Gasteiger partial charge on any atom is 0.248 e. The number of carbonyl (C=O) groups excluding carboxylic acids is 3. The van der Waals surface area contributed by atoms with Crippen LogP contribution in [-0.4, -0.2) is 86.3 Å². The normalized spacial score (nSPS) is 27.2. The first-order valence-electron chi connectivity index (χ1n) is 16.0. The van der Waals surface area contributed by atoms with Gasteiger partial charge in [0.15, 0.2) is 0 Å². The average Bonchev–Trinajstić information content (AvgIpc) is 3.65. The number of aliphatic hydroxyl groups is 1. The summed E-state index contributed by atoms with van der Waals surface area (Å²) in [6.45, 7) is 11.0. The number of benzene rings is 2. The van der Waals surface area contributed by atoms with Gasteiger partial charge in [-0.1, -0.05) is 109 Å². The van der Waals surface area contributed by atoms with Crippen molar-refractivity contribution in [1.29, 1.82) is 0 Å². The molecule has 7 atom stereocenters. The van der Waals surface area contributed by atoms with Gasteiger partial charge in [0.25, 0.3) is 0 Å². The molecule has 2 aromatic rings. The average molecular weight is 679 g/mol. The number of alkyl halides is 1. The van der Waals surface area contributed by atoms with E-state index in [9.17, 15) is 19.5 Å². The number of likely N-dealkylation sites (tertiary alicyclic amines) is 1. The molecule has 1 N–H and O–H groups in total. The summed E-state index contributed by atoms with van der Waals surface area (Å²) in [4.78, 5) is 48.8. The Hall–Kier alpha value is -3.27. The molecule has 45 heavy (non-hydrogen) atoms. The molecule has 9 heteroatoms. The molecule has 2 aromatic carbocycles. The van der Waals surface area contributed by atoms with E-state index in [2.05, 4.69) is 36.0 Å². The molecule has 1 spiro atoms. The summed E-state index contributed by atoms with van der Waals surface area (Å²) in [6, 6.07) is 17.2. The minimum Gasteiger partial charge on any atom is -0.394 e. The maximum atomic E-state index is 14.8. The molecule has 3 heterocycles. The second-order valence-corrected chi connectivity index (χ2v) is 13.5. The molecule has 0 aliphatic carbocycles. The van der Waals surface area contributed by atoms with Crippen LogP contribution >= 0.6 is 15.9 Å². The molecule has 3 fully saturated rings. The van der Waals surface area contributed by atoms with Crippen LogP contribution in [0.5, 0.6) is 0 Å². The van der Waals surface area contributed by atoms with E-state index in [0.29, 0.717) is 38.2 Å². The van der Waals surface area contributed by atoms with E-state index in [1.54, 1.807) is 22.0 Å². The second kappa shape index (κ2) is 14.4. The number of unbranched alkanes of at least 4 members (excludes halogenated alkanes) is 2. The van der Waals surface area contributed by atoms with E-state index >= 15 is 0 Å². The zero-order chi connectivity index (χ0) is 32.1. The van der Waals surface area contributed by atoms with E-state index in [1.165, 1.54) is 4.90 Å². The van der Waals surface area contributed by atoms with Gasteiger partial charge >= 0.3 is 0 Å². The van der Waals surface area contributed by atoms with Gasteiger partial charge in [0.05, 0.1) is 30.6 Å². The molecule has 3 aliphatic rings. The van der Waals surface area contributed by atoms with E-state index < -0.39 is 35.6 Å². The van der Waals surface area contributed by atoms with Gasteiger partial charge < -0.3 is 24.5 Å². The van der Waals surface area contributed by atoms with E-state index in [0.717, 1.165) is 24.8 Å². The Morgan fingerprint density at radius 2 is 1.69 bits per heavy atom. The highest BCUT2D eigenvalue weighted by molar-refractivity contribution is 9.09. The lowest BCUT2D eigenvalue weighted by Gasteiger charge is -2.39. The third-order valence-corrected chi connectivity index (χ3v) is 10.4. The maximum absolute atomic E-state index is 14.8. The molecule has 0 radical (unpaired) electrons. The number of amides is 3. The van der Waals surface area contributed by atoms with Crippen molar-refractivity contribution in [2.24, 2.45) is 11.8 Å². The number of ether oxygens (including phenoxy) is 1. The van der Waals surface area contributed by atoms with Gasteiger partial charge in [-0.15, -0.1) is 13.2 Å². The first-order valence-corrected chi connectivity index (χ1v) is 16.9. The summed E-state index contributed by atoms with van der Waals surface area (Å²) in [5.41, 5.74) is 0.451. The van der Waals surface area contributed by atoms with E-state index in [1.807, 2.05) is 60.7 Å². The van der Waals surface area contributed by atoms with Gasteiger partial charge in [0.1, 0.15) is 11.6 Å². The third-order valence-electron chi connectivity index (χ3n) is 9.51. The van der Waals surface area contributed by atoms with Crippen LogP contribution in [0, 0.1) is 11.8 Å². The Balaban J connectivity index is 1.58. The van der Waals surface area contributed by atoms with Crippen molar-refractivity contribution in [3.8, 4) is 0 Å². The first kappa shape index (κ1) is 33.1. The predicted octanol–water partition coefficient (Wildman–Crippen LogP) is 4.89. The molecule has 3 amide bonds. The first-order chi connectivity index (χ1) is 21.8. The van der Waals surface area contributed by atoms with Crippen LogP contribution < -0.4 is 0 Å². The number of hydrogen-bond donors (Lipinski definition) is 1. The smallest absolute Gasteiger partial charge is 0.248 e. The summed E-state index contributed by atoms with van der Waals surface area (Å²) in [7, 11) is 0. The zero-order valence-electron chi connectivity index (χ0n) is 26.0. The van der Waals surface area contributed by atoms with Crippen LogP contribution in [0.2, 0.25) is 0 Å². The van der Waals surface area contributed by atoms with Crippen molar-refractivity contribution in [3.63, 3.8) is 0 Å². The summed E-state index contributed by atoms with van der Waals surface area (Å²) < 4.78 is 6.79. The van der Waals surface area contributed by atoms with Crippen LogP contribution in [0.15, 0.2) is 86.0 Å². The van der Waals surface area contributed by atoms with Crippen molar-refractivity contribution in [2.45, 2.75) is 67.8 Å². The molecule has 2 bridgehead atoms. The molecule has 3 unspecified atom stereocenters. The number of aliphatic hydroxyl groups excluding tert-OH is 1. The van der Waals surface area contributed by atoms with Crippen molar-refractivity contribution < 1.29 is 24.2 Å². The standard InChI is InChI=1S/C36H44BrN3O5/c1-4-7-14-21-38(19-5-2)35(44)32-36-22-27(37)31(45-36)29(33(42)39(20-6-3)23-25-15-10-8-11-16-25)30(36)34(43)40(32)28(24-41)26-17-12-9-13-18-26/h5-6,8-13,15-18,27-32,41H,2-4,7,14,19-24H2,1H3/t27?,28-,29-,30+,31-,32?,36?/m1/s1. The Labute approximate surface area is 274 Å². The molecule has 0 aromatic heterocycles. The van der Waals surface area contributed by atoms with Gasteiger partial charge in [0, 0.05) is 31.0 Å². The lowest BCUT2D eigenvalue weighted by Crippen LogP contribution is -2.57. The van der Waals surface area contributed by atoms with Gasteiger partial charge in [-0.2, -0.15) is 0 Å². The second-order valence-electron chi connectivity index (χ2n) is 12.3. The van der Waals surface area contributed by atoms with Gasteiger partial charge in [0.2, 0.25) is 17.7 Å². The summed E-state index contributed by atoms with van der Waals surface area (Å²) in [5.74, 6) is -2.45. The van der Waals surface area contributed by atoms with Gasteiger partial charge in [-0.25, -0.2) is 0 Å². The fourth-order valence-corrected chi connectivity index (χ4v) is 8.51. The fourth-order valence-electron chi connectivity index (χ4n) is 7.57. The van der Waals surface area contributed by atoms with Crippen LogP contribution in [0.4, 0.5) is 0 Å². The molecule has 3 saturated heterocycles. The minimum absolute atomic E-state index is 0.202. The Kier molecular flexibility index (Phi) is 10.6. The number of halogens is 1. The molecule has 240 valence electrons. The molecular weight excluding hydrogens is 634 g/mol. The molecule has 0 saturated carbocycles. The summed E-state index contributed by atoms with van der Waals surface area (Å²) >= 11 is 3.79. The highest BCUT2D eigenvalue weighted by atomic mass is 79.9. The number of nitrogens with zero attached hydrogens (tertiary/aromatic N) is 3. The predicted molar refractivity (Wildman–Crippen MR) is 177 cm³/mol. The number of rotatable bonds is 15. The van der Waals surface area contributed by atoms with E-state index in [4.69, 9.17) is 4.74 Å². The van der Waals surface area contributed by atoms with Crippen molar-refractivity contribution in [1.82, 2.24) is 14.7 Å². The van der Waals surface area contributed by atoms with Crippen LogP contribution in [0.1, 0.15) is 49.8 Å². The Morgan fingerprint density at radius 3 is 2.31 bits per heavy atom. The highest BCUT2D eigenvalue weighted by Crippen LogP contribution is 2.61. The minimum atomic E-state index is -1.23. The van der Waals surface area contributed by atoms with Crippen LogP contribution in [-0.2, 0) is 25.7 Å². The Bertz CT molecular complexity index is 1370. The number of hydrogen-bond acceptors (Lipinski definition) is 5. The number of carbonyl (C=O) groups is 3. The van der Waals surface area contributed by atoms with Crippen molar-refractivity contribution in [2.75, 3.05) is 26.2 Å². The highest BCUT2D eigenvalue weighted by Gasteiger charge is 2.77. The SMILES string of the molecule is C=CCN(CCCCC)C(=O)C1N([C@H](CO)c2ccccc2)C(=O)[C@@H]2[C@@H](C(=O)N(CC=C)Cc3ccccc3)[C@@H]3OC12CC3Br. The summed E-state index contributed by atoms with van der Waals surface area (Å²) in [6.07, 6.45) is 5.98. The van der Waals surface area contributed by atoms with Crippen LogP contribution in [0.25, 0.3) is 0 Å². The molecule has 3 aliphatic heterocycles. The largest absolute Gasteiger partial charge is 0.394 e. The zero-order valence-corrected chi connectivity index (χ0v) is 27.6. The lowest BCUT2D eigenvalue weighted by molar-refractivity contribution is -0.152. The molecule has 8 nitrogen and oxygen atoms in total. The fraction of sp³-hybridized carbons (Fsp3) is 0.472. The summed E-state index contributed by atoms with van der Waals surface area (Å²) in [5, 5.41) is 10.8. The van der Waals surface area contributed by atoms with Crippen molar-refractivity contribution in [3.05, 3.63) is 97.1 Å². The van der Waals surface area contributed by atoms with Gasteiger partial charge in [-0.05, 0) is 24.0 Å². The molecular formula is C36H44BrN3O5. The Morgan fingerprint density at radius 1 is 1.04 bits per heavy atom. The monoisotopic (exact) mass is 677 g/mol. The lowest BCUT2D eigenvalue weighted by atomic mass is 9.70. The quantitative estimate of drug-likeness (QED) is 0.165. The topological polar surface area (TPSA) is 90.4 Å².